The lowest BCUT2D eigenvalue weighted by molar-refractivity contribution is -0.315. The van der Waals surface area contributed by atoms with Gasteiger partial charge in [-0.3, -0.25) is 9.80 Å². The lowest BCUT2D eigenvalue weighted by atomic mass is 10.1. The minimum absolute atomic E-state index is 0.0776. The van der Waals surface area contributed by atoms with Gasteiger partial charge in [-0.1, -0.05) is 110 Å². The normalized spacial score (nSPS) is 10.1. The van der Waals surface area contributed by atoms with Crippen LogP contribution in [0.25, 0.3) is 22.8 Å². The quantitative estimate of drug-likeness (QED) is 0.182. The molecule has 1 atom stereocenters. The van der Waals surface area contributed by atoms with Gasteiger partial charge in [0.1, 0.15) is 0 Å². The lowest BCUT2D eigenvalue weighted by Gasteiger charge is -2.29. The van der Waals surface area contributed by atoms with Gasteiger partial charge >= 0.3 is 0 Å². The van der Waals surface area contributed by atoms with Crippen LogP contribution in [0.2, 0.25) is 0 Å². The molecule has 53 heavy (non-hydrogen) atoms. The van der Waals surface area contributed by atoms with Gasteiger partial charge in [0.25, 0.3) is 0 Å². The van der Waals surface area contributed by atoms with E-state index in [-0.39, 0.29) is 13.1 Å². The molecule has 1 unspecified atom stereocenters. The molecule has 0 bridgehead atoms. The molecular weight excluding hydrogens is 678 g/mol. The van der Waals surface area contributed by atoms with E-state index in [1.165, 1.54) is 6.92 Å². The van der Waals surface area contributed by atoms with E-state index < -0.39 is 49.6 Å². The van der Waals surface area contributed by atoms with Gasteiger partial charge in [0, 0.05) is 38.8 Å². The van der Waals surface area contributed by atoms with E-state index in [1.54, 1.807) is 54.6 Å². The molecule has 0 spiro atoms. The van der Waals surface area contributed by atoms with Crippen molar-refractivity contribution in [2.45, 2.75) is 81.4 Å². The second-order valence-electron chi connectivity index (χ2n) is 9.75. The van der Waals surface area contributed by atoms with Gasteiger partial charge in [-0.2, -0.15) is 0 Å². The zero-order chi connectivity index (χ0) is 40.8. The third-order valence-corrected chi connectivity index (χ3v) is 6.23. The average Bonchev–Trinajstić information content (AvgIpc) is 3.18. The number of nitrogens with zero attached hydrogens (tertiary/aromatic N) is 5. The van der Waals surface area contributed by atoms with Crippen LogP contribution in [0.4, 0.5) is 0 Å². The number of carboxylic acid groups (broad SMARTS) is 4. The van der Waals surface area contributed by atoms with Gasteiger partial charge < -0.3 is 39.6 Å². The summed E-state index contributed by atoms with van der Waals surface area (Å²) in [6.45, 7) is 15.3. The highest BCUT2D eigenvalue weighted by molar-refractivity contribution is 5.73. The minimum Gasteiger partial charge on any atom is -0.549 e. The zero-order valence-electron chi connectivity index (χ0n) is 32.3. The zero-order valence-corrected chi connectivity index (χ0v) is 32.3. The average molecular weight is 732 g/mol. The fourth-order valence-electron chi connectivity index (χ4n) is 4.14. The first-order valence-corrected chi connectivity index (χ1v) is 17.7. The third kappa shape index (κ3) is 20.8. The van der Waals surface area contributed by atoms with Crippen molar-refractivity contribution < 1.29 is 39.6 Å². The summed E-state index contributed by atoms with van der Waals surface area (Å²) in [5, 5.41) is 44.3. The molecule has 0 fully saturated rings. The molecule has 1 aromatic carbocycles. The molecule has 0 N–H and O–H groups in total. The van der Waals surface area contributed by atoms with E-state index in [0.717, 1.165) is 9.80 Å². The Morgan fingerprint density at radius 3 is 1.15 bits per heavy atom. The molecule has 3 aromatic heterocycles. The Labute approximate surface area is 314 Å². The minimum atomic E-state index is -1.44. The number of aromatic nitrogens is 3. The Bertz CT molecular complexity index is 1560. The van der Waals surface area contributed by atoms with E-state index >= 15 is 0 Å². The van der Waals surface area contributed by atoms with Crippen molar-refractivity contribution in [1.82, 2.24) is 24.8 Å². The maximum Gasteiger partial charge on any atom is 0.0894 e. The van der Waals surface area contributed by atoms with Crippen LogP contribution in [-0.2, 0) is 32.3 Å². The van der Waals surface area contributed by atoms with Gasteiger partial charge in [-0.05, 0) is 43.3 Å². The van der Waals surface area contributed by atoms with E-state index in [2.05, 4.69) is 15.0 Å². The molecule has 4 rings (SSSR count). The first-order chi connectivity index (χ1) is 25.5. The Morgan fingerprint density at radius 1 is 0.491 bits per heavy atom. The molecule has 0 saturated carbocycles. The highest BCUT2D eigenvalue weighted by Gasteiger charge is 2.17. The van der Waals surface area contributed by atoms with Gasteiger partial charge in [-0.25, -0.2) is 15.0 Å². The molecule has 13 heteroatoms. The summed E-state index contributed by atoms with van der Waals surface area (Å²) in [6.07, 6.45) is 0. The van der Waals surface area contributed by atoms with Crippen LogP contribution in [0, 0.1) is 0 Å². The Hall–Kier alpha value is -5.53. The maximum absolute atomic E-state index is 11.3. The molecule has 0 aliphatic carbocycles. The number of pyridine rings is 3. The van der Waals surface area contributed by atoms with Crippen LogP contribution < -0.4 is 20.4 Å². The van der Waals surface area contributed by atoms with Crippen molar-refractivity contribution in [3.8, 4) is 22.8 Å². The highest BCUT2D eigenvalue weighted by Crippen LogP contribution is 2.21. The Balaban J connectivity index is 0. The molecule has 0 radical (unpaired) electrons. The summed E-state index contributed by atoms with van der Waals surface area (Å²) < 4.78 is 0. The van der Waals surface area contributed by atoms with Crippen LogP contribution in [0.5, 0.6) is 0 Å². The largest absolute Gasteiger partial charge is 0.549 e. The van der Waals surface area contributed by atoms with Crippen molar-refractivity contribution in [1.29, 1.82) is 0 Å². The standard InChI is InChI=1S/C26H27N5O8.C6H6.4C2H6/c1-16(26(38)39)31(15-25(36)37)12-18-6-3-8-20(28-18)22-10-4-9-21(29-22)19-7-2-5-17(27-19)11-30(13-23(32)33)14-24(34)35;1-2-4-6-5-3-1;4*1-2/h2-10,16H,11-15H2,1H3,(H,32,33)(H,34,35)(H,36,37)(H,38,39);1-6H;4*1-2H3/p-4. The van der Waals surface area contributed by atoms with Gasteiger partial charge in [-0.15, -0.1) is 0 Å². The Kier molecular flexibility index (Phi) is 28.2. The number of carbonyl (C=O) groups is 4. The molecule has 13 nitrogen and oxygen atoms in total. The van der Waals surface area contributed by atoms with Crippen molar-refractivity contribution >= 4 is 23.9 Å². The summed E-state index contributed by atoms with van der Waals surface area (Å²) in [4.78, 5) is 60.2. The van der Waals surface area contributed by atoms with Gasteiger partial charge in [0.15, 0.2) is 0 Å². The summed E-state index contributed by atoms with van der Waals surface area (Å²) in [6, 6.07) is 25.9. The number of rotatable bonds is 14. The van der Waals surface area contributed by atoms with Gasteiger partial charge in [0.05, 0.1) is 58.0 Å². The maximum atomic E-state index is 11.3. The monoisotopic (exact) mass is 731 g/mol. The number of carbonyl (C=O) groups excluding carboxylic acids is 4. The Morgan fingerprint density at radius 2 is 0.811 bits per heavy atom. The molecular formula is C40H53N5O8-4. The van der Waals surface area contributed by atoms with Crippen molar-refractivity contribution in [3.63, 3.8) is 0 Å². The summed E-state index contributed by atoms with van der Waals surface area (Å²) in [5.41, 5.74) is 2.59. The first kappa shape index (κ1) is 49.6. The fraction of sp³-hybridized carbons (Fsp3) is 0.375. The van der Waals surface area contributed by atoms with Gasteiger partial charge in [0.2, 0.25) is 0 Å². The SMILES string of the molecule is CC.CC.CC.CC.CC(C(=O)[O-])N(CC(=O)[O-])Cc1cccc(-c2cccc(-c3cccc(CN(CC(=O)[O-])CC(=O)[O-])n3)n2)n1.c1ccccc1. The number of hydrogen-bond donors (Lipinski definition) is 0. The third-order valence-electron chi connectivity index (χ3n) is 6.23. The number of aliphatic carboxylic acids is 4. The van der Waals surface area contributed by atoms with E-state index in [9.17, 15) is 39.6 Å². The fourth-order valence-corrected chi connectivity index (χ4v) is 4.14. The van der Waals surface area contributed by atoms with Crippen molar-refractivity contribution in [2.75, 3.05) is 19.6 Å². The smallest absolute Gasteiger partial charge is 0.0894 e. The number of benzene rings is 1. The number of hydrogen-bond acceptors (Lipinski definition) is 13. The van der Waals surface area contributed by atoms with E-state index in [0.29, 0.717) is 34.2 Å². The second-order valence-corrected chi connectivity index (χ2v) is 9.75. The predicted molar refractivity (Wildman–Crippen MR) is 198 cm³/mol. The summed E-state index contributed by atoms with van der Waals surface area (Å²) in [7, 11) is 0. The van der Waals surface area contributed by atoms with Crippen molar-refractivity contribution in [3.05, 3.63) is 102 Å². The second kappa shape index (κ2) is 30.1. The molecule has 0 amide bonds. The molecule has 4 aromatic rings. The number of carboxylic acids is 4. The topological polar surface area (TPSA) is 206 Å². The highest BCUT2D eigenvalue weighted by atomic mass is 16.4. The summed E-state index contributed by atoms with van der Waals surface area (Å²) in [5.74, 6) is -5.74. The lowest BCUT2D eigenvalue weighted by Crippen LogP contribution is -2.49. The van der Waals surface area contributed by atoms with E-state index in [1.807, 2.05) is 91.8 Å². The summed E-state index contributed by atoms with van der Waals surface area (Å²) >= 11 is 0. The van der Waals surface area contributed by atoms with Crippen LogP contribution in [0.1, 0.15) is 73.7 Å². The van der Waals surface area contributed by atoms with Crippen LogP contribution in [0.15, 0.2) is 91.0 Å². The predicted octanol–water partition coefficient (Wildman–Crippen LogP) is 1.99. The molecule has 3 heterocycles. The molecule has 0 saturated heterocycles. The first-order valence-electron chi connectivity index (χ1n) is 17.7. The molecule has 290 valence electrons. The van der Waals surface area contributed by atoms with Crippen LogP contribution in [0.3, 0.4) is 0 Å². The van der Waals surface area contributed by atoms with Crippen LogP contribution >= 0.6 is 0 Å². The van der Waals surface area contributed by atoms with Crippen LogP contribution in [-0.4, -0.2) is 74.3 Å². The molecule has 0 aliphatic rings. The molecule has 0 aliphatic heterocycles. The van der Waals surface area contributed by atoms with E-state index in [4.69, 9.17) is 0 Å². The van der Waals surface area contributed by atoms with Crippen molar-refractivity contribution in [2.24, 2.45) is 0 Å².